The average molecular weight is 310 g/mol. The smallest absolute Gasteiger partial charge is 0.305 e. The van der Waals surface area contributed by atoms with Gasteiger partial charge in [-0.15, -0.1) is 0 Å². The van der Waals surface area contributed by atoms with E-state index in [2.05, 4.69) is 20.8 Å². The largest absolute Gasteiger partial charge is 0.481 e. The van der Waals surface area contributed by atoms with Gasteiger partial charge in [0.2, 0.25) is 0 Å². The molecule has 0 saturated heterocycles. The van der Waals surface area contributed by atoms with Gasteiger partial charge in [-0.05, 0) is 31.1 Å². The van der Waals surface area contributed by atoms with Crippen LogP contribution in [0, 0.1) is 16.7 Å². The number of nitrogens with two attached hydrogens (primary N) is 2. The van der Waals surface area contributed by atoms with E-state index in [-0.39, 0.29) is 29.6 Å². The first-order valence-electron chi connectivity index (χ1n) is 8.01. The fourth-order valence-electron chi connectivity index (χ4n) is 3.89. The summed E-state index contributed by atoms with van der Waals surface area (Å²) in [5, 5.41) is 8.96. The molecule has 5 N–H and O–H groups in total. The van der Waals surface area contributed by atoms with Crippen molar-refractivity contribution in [3.63, 3.8) is 0 Å². The summed E-state index contributed by atoms with van der Waals surface area (Å²) in [6.07, 6.45) is 6.31. The number of allylic oxidation sites excluding steroid dienone is 1. The van der Waals surface area contributed by atoms with Crippen molar-refractivity contribution in [2.75, 3.05) is 0 Å². The van der Waals surface area contributed by atoms with E-state index in [4.69, 9.17) is 16.6 Å². The Morgan fingerprint density at radius 2 is 1.95 bits per heavy atom. The minimum atomic E-state index is -1.05. The van der Waals surface area contributed by atoms with Crippen molar-refractivity contribution in [1.29, 1.82) is 0 Å². The Morgan fingerprint density at radius 1 is 1.36 bits per heavy atom. The van der Waals surface area contributed by atoms with Crippen LogP contribution in [0.25, 0.3) is 0 Å². The Bertz CT molecular complexity index is 457. The number of aliphatic carboxylic acids is 1. The van der Waals surface area contributed by atoms with E-state index in [0.29, 0.717) is 0 Å². The molecule has 1 aliphatic rings. The Labute approximate surface area is 133 Å². The number of carbonyl (C=O) groups excluding carboxylic acids is 1. The van der Waals surface area contributed by atoms with Crippen LogP contribution >= 0.6 is 0 Å². The lowest BCUT2D eigenvalue weighted by Gasteiger charge is -2.52. The lowest BCUT2D eigenvalue weighted by atomic mass is 9.50. The van der Waals surface area contributed by atoms with E-state index in [1.807, 2.05) is 19.1 Å². The van der Waals surface area contributed by atoms with Gasteiger partial charge in [0, 0.05) is 6.04 Å². The van der Waals surface area contributed by atoms with E-state index >= 15 is 0 Å². The second kappa shape index (κ2) is 6.92. The molecule has 1 rings (SSSR count). The fraction of sp³-hybridized carbons (Fsp3) is 0.765. The number of hydrogen-bond acceptors (Lipinski definition) is 4. The topological polar surface area (TPSA) is 106 Å². The van der Waals surface area contributed by atoms with Crippen molar-refractivity contribution in [2.45, 2.75) is 65.5 Å². The van der Waals surface area contributed by atoms with E-state index in [1.165, 1.54) is 0 Å². The number of carbonyl (C=O) groups is 2. The highest BCUT2D eigenvalue weighted by atomic mass is 16.4. The molecule has 0 amide bonds. The standard InChI is InChI=1S/C17H30N2O3/c1-11-6-5-8-16(3,4)17(11,9-7-12(2)18)15(22)13(19)10-14(20)21/h7,9,11-13H,5-6,8,10,18-19H2,1-4H3,(H,20,21)/t11?,12?,13-,17?/m0/s1. The molecule has 1 fully saturated rings. The molecule has 0 bridgehead atoms. The number of carboxylic acid groups (broad SMARTS) is 1. The highest BCUT2D eigenvalue weighted by Crippen LogP contribution is 2.55. The van der Waals surface area contributed by atoms with Crippen LogP contribution < -0.4 is 11.5 Å². The molecule has 126 valence electrons. The maximum atomic E-state index is 13.1. The molecule has 0 aromatic heterocycles. The molecule has 22 heavy (non-hydrogen) atoms. The summed E-state index contributed by atoms with van der Waals surface area (Å²) >= 11 is 0. The van der Waals surface area contributed by atoms with Gasteiger partial charge in [0.05, 0.1) is 17.9 Å². The molecule has 5 heteroatoms. The van der Waals surface area contributed by atoms with Crippen molar-refractivity contribution in [2.24, 2.45) is 28.2 Å². The zero-order valence-electron chi connectivity index (χ0n) is 14.1. The fourth-order valence-corrected chi connectivity index (χ4v) is 3.89. The lowest BCUT2D eigenvalue weighted by Crippen LogP contribution is -2.56. The van der Waals surface area contributed by atoms with E-state index in [1.54, 1.807) is 0 Å². The normalized spacial score (nSPS) is 30.9. The summed E-state index contributed by atoms with van der Waals surface area (Å²) < 4.78 is 0. The van der Waals surface area contributed by atoms with E-state index < -0.39 is 17.4 Å². The summed E-state index contributed by atoms with van der Waals surface area (Å²) in [7, 11) is 0. The molecule has 0 aromatic rings. The highest BCUT2D eigenvalue weighted by Gasteiger charge is 2.55. The molecule has 1 saturated carbocycles. The summed E-state index contributed by atoms with van der Waals surface area (Å²) in [4.78, 5) is 24.1. The van der Waals surface area contributed by atoms with E-state index in [9.17, 15) is 9.59 Å². The molecule has 5 nitrogen and oxygen atoms in total. The van der Waals surface area contributed by atoms with Crippen molar-refractivity contribution < 1.29 is 14.7 Å². The lowest BCUT2D eigenvalue weighted by molar-refractivity contribution is -0.145. The molecule has 0 aromatic carbocycles. The van der Waals surface area contributed by atoms with Crippen LogP contribution in [0.3, 0.4) is 0 Å². The van der Waals surface area contributed by atoms with Gasteiger partial charge in [-0.25, -0.2) is 0 Å². The third kappa shape index (κ3) is 3.58. The van der Waals surface area contributed by atoms with Crippen LogP contribution in [0.4, 0.5) is 0 Å². The zero-order valence-corrected chi connectivity index (χ0v) is 14.1. The average Bonchev–Trinajstić information content (AvgIpc) is 2.36. The molecule has 0 spiro atoms. The minimum Gasteiger partial charge on any atom is -0.481 e. The molecular formula is C17H30N2O3. The van der Waals surface area contributed by atoms with Crippen molar-refractivity contribution in [3.8, 4) is 0 Å². The predicted octanol–water partition coefficient (Wildman–Crippen LogP) is 2.09. The van der Waals surface area contributed by atoms with Crippen molar-refractivity contribution >= 4 is 11.8 Å². The molecule has 0 heterocycles. The van der Waals surface area contributed by atoms with Crippen LogP contribution in [-0.2, 0) is 9.59 Å². The van der Waals surface area contributed by atoms with Gasteiger partial charge < -0.3 is 16.6 Å². The van der Waals surface area contributed by atoms with Crippen molar-refractivity contribution in [1.82, 2.24) is 0 Å². The molecular weight excluding hydrogens is 280 g/mol. The maximum absolute atomic E-state index is 13.1. The summed E-state index contributed by atoms with van der Waals surface area (Å²) in [6.45, 7) is 8.04. The number of ketones is 1. The quantitative estimate of drug-likeness (QED) is 0.651. The van der Waals surface area contributed by atoms with Crippen LogP contribution in [0.15, 0.2) is 12.2 Å². The monoisotopic (exact) mass is 310 g/mol. The van der Waals surface area contributed by atoms with Gasteiger partial charge in [0.25, 0.3) is 0 Å². The first-order chi connectivity index (χ1) is 10.0. The molecule has 3 unspecified atom stereocenters. The van der Waals surface area contributed by atoms with Gasteiger partial charge >= 0.3 is 5.97 Å². The first-order valence-corrected chi connectivity index (χ1v) is 8.01. The predicted molar refractivity (Wildman–Crippen MR) is 87.3 cm³/mol. The van der Waals surface area contributed by atoms with Gasteiger partial charge in [0.15, 0.2) is 5.78 Å². The molecule has 1 aliphatic carbocycles. The van der Waals surface area contributed by atoms with Gasteiger partial charge in [-0.3, -0.25) is 9.59 Å². The Morgan fingerprint density at radius 3 is 2.41 bits per heavy atom. The Balaban J connectivity index is 3.32. The Kier molecular flexibility index (Phi) is 5.93. The molecule has 4 atom stereocenters. The second-order valence-corrected chi connectivity index (χ2v) is 7.33. The first kappa shape index (κ1) is 18.8. The summed E-state index contributed by atoms with van der Waals surface area (Å²) in [5.74, 6) is -1.11. The molecule has 0 radical (unpaired) electrons. The van der Waals surface area contributed by atoms with Crippen LogP contribution in [0.5, 0.6) is 0 Å². The maximum Gasteiger partial charge on any atom is 0.305 e. The minimum absolute atomic E-state index is 0.110. The number of rotatable bonds is 6. The third-order valence-electron chi connectivity index (χ3n) is 5.14. The van der Waals surface area contributed by atoms with Crippen LogP contribution in [0.2, 0.25) is 0 Å². The summed E-state index contributed by atoms with van der Waals surface area (Å²) in [6, 6.07) is -1.15. The third-order valence-corrected chi connectivity index (χ3v) is 5.14. The van der Waals surface area contributed by atoms with Crippen LogP contribution in [-0.4, -0.2) is 28.9 Å². The second-order valence-electron chi connectivity index (χ2n) is 7.33. The summed E-state index contributed by atoms with van der Waals surface area (Å²) in [5.41, 5.74) is 10.7. The highest BCUT2D eigenvalue weighted by molar-refractivity contribution is 5.94. The van der Waals surface area contributed by atoms with Crippen molar-refractivity contribution in [3.05, 3.63) is 12.2 Å². The van der Waals surface area contributed by atoms with Gasteiger partial charge in [-0.1, -0.05) is 39.3 Å². The van der Waals surface area contributed by atoms with Crippen LogP contribution in [0.1, 0.15) is 53.4 Å². The van der Waals surface area contributed by atoms with Gasteiger partial charge in [0.1, 0.15) is 0 Å². The number of Topliss-reactive ketones (excluding diaryl/α,β-unsaturated/α-hetero) is 1. The van der Waals surface area contributed by atoms with Gasteiger partial charge in [-0.2, -0.15) is 0 Å². The molecule has 0 aliphatic heterocycles. The van der Waals surface area contributed by atoms with E-state index in [0.717, 1.165) is 19.3 Å². The SMILES string of the molecule is CC(N)C=CC1(C(=O)[C@@H](N)CC(=O)O)C(C)CCCC1(C)C. The Hall–Kier alpha value is -1.20. The zero-order chi connectivity index (χ0) is 17.1. The number of carboxylic acids is 1. The number of hydrogen-bond donors (Lipinski definition) is 3.